The van der Waals surface area contributed by atoms with Crippen LogP contribution in [0.25, 0.3) is 0 Å². The summed E-state index contributed by atoms with van der Waals surface area (Å²) in [7, 11) is 1.66. The zero-order valence-electron chi connectivity index (χ0n) is 10.9. The van der Waals surface area contributed by atoms with Crippen LogP contribution in [0.5, 0.6) is 5.75 Å². The molecule has 0 aliphatic heterocycles. The van der Waals surface area contributed by atoms with Crippen molar-refractivity contribution in [2.75, 3.05) is 33.5 Å². The van der Waals surface area contributed by atoms with Crippen molar-refractivity contribution in [3.8, 4) is 5.75 Å². The Morgan fingerprint density at radius 1 is 0.941 bits per heavy atom. The van der Waals surface area contributed by atoms with E-state index in [-0.39, 0.29) is 0 Å². The predicted molar refractivity (Wildman–Crippen MR) is 68.7 cm³/mol. The Bertz CT molecular complexity index is 293. The quantitative estimate of drug-likeness (QED) is 0.652. The summed E-state index contributed by atoms with van der Waals surface area (Å²) >= 11 is 0. The van der Waals surface area contributed by atoms with Crippen molar-refractivity contribution in [2.24, 2.45) is 0 Å². The highest BCUT2D eigenvalue weighted by Gasteiger charge is 1.99. The van der Waals surface area contributed by atoms with Crippen molar-refractivity contribution in [3.63, 3.8) is 0 Å². The Kier molecular flexibility index (Phi) is 6.67. The molecule has 1 aromatic carbocycles. The first kappa shape index (κ1) is 14.0. The predicted octanol–water partition coefficient (Wildman–Crippen LogP) is 2.85. The van der Waals surface area contributed by atoms with Gasteiger partial charge in [0.05, 0.1) is 19.8 Å². The van der Waals surface area contributed by atoms with Crippen molar-refractivity contribution in [1.82, 2.24) is 0 Å². The Morgan fingerprint density at radius 3 is 2.18 bits per heavy atom. The molecule has 0 bridgehead atoms. The molecule has 3 heteroatoms. The maximum absolute atomic E-state index is 5.56. The number of benzene rings is 1. The van der Waals surface area contributed by atoms with Gasteiger partial charge in [-0.2, -0.15) is 0 Å². The molecule has 0 radical (unpaired) electrons. The molecule has 0 N–H and O–H groups in total. The highest BCUT2D eigenvalue weighted by molar-refractivity contribution is 5.28. The van der Waals surface area contributed by atoms with E-state index in [1.54, 1.807) is 7.11 Å². The van der Waals surface area contributed by atoms with Gasteiger partial charge in [-0.1, -0.05) is 26.0 Å². The molecule has 1 rings (SSSR count). The fraction of sp³-hybridized carbons (Fsp3) is 0.571. The lowest BCUT2D eigenvalue weighted by atomic mass is 10.0. The molecular formula is C14H22O3. The summed E-state index contributed by atoms with van der Waals surface area (Å²) in [5.41, 5.74) is 1.33. The smallest absolute Gasteiger partial charge is 0.119 e. The van der Waals surface area contributed by atoms with E-state index in [2.05, 4.69) is 26.0 Å². The van der Waals surface area contributed by atoms with Gasteiger partial charge in [-0.25, -0.2) is 0 Å². The first-order chi connectivity index (χ1) is 8.24. The third-order valence-corrected chi connectivity index (χ3v) is 2.47. The van der Waals surface area contributed by atoms with Gasteiger partial charge in [0.15, 0.2) is 0 Å². The highest BCUT2D eigenvalue weighted by atomic mass is 16.5. The van der Waals surface area contributed by atoms with E-state index in [0.29, 0.717) is 32.3 Å². The minimum absolute atomic E-state index is 0.557. The molecule has 0 saturated carbocycles. The summed E-state index contributed by atoms with van der Waals surface area (Å²) in [5.74, 6) is 1.45. The van der Waals surface area contributed by atoms with Crippen LogP contribution < -0.4 is 4.74 Å². The van der Waals surface area contributed by atoms with E-state index in [1.807, 2.05) is 12.1 Å². The molecule has 0 aromatic heterocycles. The van der Waals surface area contributed by atoms with Gasteiger partial charge in [0.2, 0.25) is 0 Å². The Morgan fingerprint density at radius 2 is 1.59 bits per heavy atom. The maximum Gasteiger partial charge on any atom is 0.119 e. The largest absolute Gasteiger partial charge is 0.491 e. The van der Waals surface area contributed by atoms with E-state index in [9.17, 15) is 0 Å². The van der Waals surface area contributed by atoms with Gasteiger partial charge < -0.3 is 14.2 Å². The molecular weight excluding hydrogens is 216 g/mol. The normalized spacial score (nSPS) is 10.8. The topological polar surface area (TPSA) is 27.7 Å². The molecule has 1 aromatic rings. The van der Waals surface area contributed by atoms with Crippen LogP contribution in [0, 0.1) is 0 Å². The first-order valence-electron chi connectivity index (χ1n) is 6.03. The lowest BCUT2D eigenvalue weighted by molar-refractivity contribution is 0.0544. The van der Waals surface area contributed by atoms with E-state index < -0.39 is 0 Å². The third kappa shape index (κ3) is 5.71. The molecule has 3 nitrogen and oxygen atoms in total. The molecule has 17 heavy (non-hydrogen) atoms. The van der Waals surface area contributed by atoms with Crippen molar-refractivity contribution in [3.05, 3.63) is 29.8 Å². The average molecular weight is 238 g/mol. The van der Waals surface area contributed by atoms with E-state index in [0.717, 1.165) is 5.75 Å². The molecule has 96 valence electrons. The van der Waals surface area contributed by atoms with Crippen molar-refractivity contribution >= 4 is 0 Å². The average Bonchev–Trinajstić information content (AvgIpc) is 2.34. The van der Waals surface area contributed by atoms with Crippen LogP contribution in [-0.2, 0) is 9.47 Å². The second-order valence-electron chi connectivity index (χ2n) is 4.18. The fourth-order valence-electron chi connectivity index (χ4n) is 1.41. The summed E-state index contributed by atoms with van der Waals surface area (Å²) in [6.07, 6.45) is 0. The van der Waals surface area contributed by atoms with Gasteiger partial charge in [0, 0.05) is 7.11 Å². The Balaban J connectivity index is 2.19. The highest BCUT2D eigenvalue weighted by Crippen LogP contribution is 2.18. The van der Waals surface area contributed by atoms with Gasteiger partial charge in [0.25, 0.3) is 0 Å². The maximum atomic E-state index is 5.56. The van der Waals surface area contributed by atoms with Gasteiger partial charge in [0.1, 0.15) is 12.4 Å². The second-order valence-corrected chi connectivity index (χ2v) is 4.18. The van der Waals surface area contributed by atoms with Crippen molar-refractivity contribution < 1.29 is 14.2 Å². The van der Waals surface area contributed by atoms with E-state index in [1.165, 1.54) is 5.56 Å². The van der Waals surface area contributed by atoms with E-state index >= 15 is 0 Å². The van der Waals surface area contributed by atoms with Gasteiger partial charge in [-0.05, 0) is 23.6 Å². The number of ether oxygens (including phenoxy) is 3. The molecule has 0 unspecified atom stereocenters. The molecule has 0 fully saturated rings. The standard InChI is InChI=1S/C14H22O3/c1-12(2)13-4-6-14(7-5-13)17-11-10-16-9-8-15-3/h4-7,12H,8-11H2,1-3H3. The van der Waals surface area contributed by atoms with Crippen LogP contribution in [-0.4, -0.2) is 33.5 Å². The fourth-order valence-corrected chi connectivity index (χ4v) is 1.41. The summed E-state index contributed by atoms with van der Waals surface area (Å²) in [4.78, 5) is 0. The lowest BCUT2D eigenvalue weighted by Gasteiger charge is -2.09. The van der Waals surface area contributed by atoms with Crippen LogP contribution in [0.1, 0.15) is 25.3 Å². The first-order valence-corrected chi connectivity index (χ1v) is 6.03. The van der Waals surface area contributed by atoms with Crippen molar-refractivity contribution in [1.29, 1.82) is 0 Å². The molecule has 0 aliphatic rings. The van der Waals surface area contributed by atoms with Crippen LogP contribution in [0.4, 0.5) is 0 Å². The second kappa shape index (κ2) is 8.09. The molecule has 0 spiro atoms. The molecule has 0 amide bonds. The summed E-state index contributed by atoms with van der Waals surface area (Å²) < 4.78 is 15.7. The van der Waals surface area contributed by atoms with E-state index in [4.69, 9.17) is 14.2 Å². The van der Waals surface area contributed by atoms with Crippen LogP contribution >= 0.6 is 0 Å². The molecule has 0 aliphatic carbocycles. The van der Waals surface area contributed by atoms with Crippen LogP contribution in [0.2, 0.25) is 0 Å². The number of hydrogen-bond acceptors (Lipinski definition) is 3. The van der Waals surface area contributed by atoms with Crippen LogP contribution in [0.3, 0.4) is 0 Å². The Labute approximate surface area is 104 Å². The Hall–Kier alpha value is -1.06. The number of methoxy groups -OCH3 is 1. The molecule has 0 heterocycles. The summed E-state index contributed by atoms with van der Waals surface area (Å²) in [6.45, 7) is 6.77. The zero-order valence-corrected chi connectivity index (χ0v) is 10.9. The van der Waals surface area contributed by atoms with Gasteiger partial charge >= 0.3 is 0 Å². The van der Waals surface area contributed by atoms with Crippen molar-refractivity contribution in [2.45, 2.75) is 19.8 Å². The summed E-state index contributed by atoms with van der Waals surface area (Å²) in [5, 5.41) is 0. The lowest BCUT2D eigenvalue weighted by Crippen LogP contribution is -2.09. The van der Waals surface area contributed by atoms with Gasteiger partial charge in [-0.3, -0.25) is 0 Å². The number of hydrogen-bond donors (Lipinski definition) is 0. The molecule has 0 atom stereocenters. The monoisotopic (exact) mass is 238 g/mol. The third-order valence-electron chi connectivity index (χ3n) is 2.47. The molecule has 0 saturated heterocycles. The SMILES string of the molecule is COCCOCCOc1ccc(C(C)C)cc1. The summed E-state index contributed by atoms with van der Waals surface area (Å²) in [6, 6.07) is 8.21. The number of rotatable bonds is 8. The van der Waals surface area contributed by atoms with Crippen LogP contribution in [0.15, 0.2) is 24.3 Å². The minimum Gasteiger partial charge on any atom is -0.491 e. The van der Waals surface area contributed by atoms with Gasteiger partial charge in [-0.15, -0.1) is 0 Å². The minimum atomic E-state index is 0.557. The zero-order chi connectivity index (χ0) is 12.5.